The molecule has 0 radical (unpaired) electrons. The summed E-state index contributed by atoms with van der Waals surface area (Å²) in [6.07, 6.45) is 2.84. The number of benzene rings is 1. The minimum absolute atomic E-state index is 0.958. The van der Waals surface area contributed by atoms with Crippen LogP contribution in [-0.2, 0) is 6.42 Å². The second kappa shape index (κ2) is 4.15. The van der Waals surface area contributed by atoms with Crippen LogP contribution in [0.25, 0.3) is 11.0 Å². The van der Waals surface area contributed by atoms with Crippen LogP contribution in [0.15, 0.2) is 33.4 Å². The summed E-state index contributed by atoms with van der Waals surface area (Å²) in [5.41, 5.74) is 2.22. The average molecular weight is 254 g/mol. The SMILES string of the molecule is CNCCc1coc2ccc(Br)cc12. The molecule has 2 nitrogen and oxygen atoms in total. The van der Waals surface area contributed by atoms with Gasteiger partial charge in [0, 0.05) is 9.86 Å². The van der Waals surface area contributed by atoms with E-state index in [1.54, 1.807) is 0 Å². The van der Waals surface area contributed by atoms with Gasteiger partial charge in [-0.25, -0.2) is 0 Å². The van der Waals surface area contributed by atoms with E-state index in [1.165, 1.54) is 10.9 Å². The molecule has 1 aromatic carbocycles. The molecule has 0 saturated heterocycles. The number of halogens is 1. The highest BCUT2D eigenvalue weighted by Gasteiger charge is 2.05. The monoisotopic (exact) mass is 253 g/mol. The van der Waals surface area contributed by atoms with Crippen molar-refractivity contribution in [2.24, 2.45) is 0 Å². The number of hydrogen-bond acceptors (Lipinski definition) is 2. The van der Waals surface area contributed by atoms with Crippen molar-refractivity contribution in [3.63, 3.8) is 0 Å². The standard InChI is InChI=1S/C11H12BrNO/c1-13-5-4-8-7-14-11-3-2-9(12)6-10(8)11/h2-3,6-7,13H,4-5H2,1H3. The van der Waals surface area contributed by atoms with Gasteiger partial charge in [-0.3, -0.25) is 0 Å². The van der Waals surface area contributed by atoms with E-state index in [0.717, 1.165) is 23.0 Å². The van der Waals surface area contributed by atoms with Crippen LogP contribution in [0.3, 0.4) is 0 Å². The Hall–Kier alpha value is -0.800. The normalized spacial score (nSPS) is 11.0. The number of rotatable bonds is 3. The van der Waals surface area contributed by atoms with Gasteiger partial charge in [-0.15, -0.1) is 0 Å². The molecule has 0 aliphatic carbocycles. The van der Waals surface area contributed by atoms with Crippen molar-refractivity contribution in [1.29, 1.82) is 0 Å². The molecule has 74 valence electrons. The first-order chi connectivity index (χ1) is 6.81. The molecule has 0 spiro atoms. The molecule has 0 saturated carbocycles. The third kappa shape index (κ3) is 1.83. The van der Waals surface area contributed by atoms with Crippen LogP contribution in [0, 0.1) is 0 Å². The van der Waals surface area contributed by atoms with Gasteiger partial charge in [-0.2, -0.15) is 0 Å². The molecule has 0 aliphatic heterocycles. The zero-order chi connectivity index (χ0) is 9.97. The summed E-state index contributed by atoms with van der Waals surface area (Å²) in [6.45, 7) is 0.973. The van der Waals surface area contributed by atoms with Gasteiger partial charge in [-0.1, -0.05) is 15.9 Å². The van der Waals surface area contributed by atoms with Crippen molar-refractivity contribution in [2.45, 2.75) is 6.42 Å². The molecule has 1 N–H and O–H groups in total. The molecule has 0 amide bonds. The van der Waals surface area contributed by atoms with Crippen molar-refractivity contribution in [3.05, 3.63) is 34.5 Å². The first kappa shape index (κ1) is 9.74. The minimum atomic E-state index is 0.958. The minimum Gasteiger partial charge on any atom is -0.464 e. The number of nitrogens with one attached hydrogen (secondary N) is 1. The predicted molar refractivity (Wildman–Crippen MR) is 61.5 cm³/mol. The Balaban J connectivity index is 2.40. The number of likely N-dealkylation sites (N-methyl/N-ethyl adjacent to an activating group) is 1. The molecular formula is C11H12BrNO. The van der Waals surface area contributed by atoms with Gasteiger partial charge in [0.1, 0.15) is 5.58 Å². The van der Waals surface area contributed by atoms with Crippen molar-refractivity contribution in [3.8, 4) is 0 Å². The third-order valence-corrected chi connectivity index (χ3v) is 2.75. The largest absolute Gasteiger partial charge is 0.464 e. The van der Waals surface area contributed by atoms with Crippen LogP contribution in [0.5, 0.6) is 0 Å². The zero-order valence-corrected chi connectivity index (χ0v) is 9.60. The van der Waals surface area contributed by atoms with Crippen molar-refractivity contribution >= 4 is 26.9 Å². The molecule has 0 atom stereocenters. The van der Waals surface area contributed by atoms with E-state index in [4.69, 9.17) is 4.42 Å². The Kier molecular flexibility index (Phi) is 2.89. The molecule has 0 fully saturated rings. The summed E-state index contributed by atoms with van der Waals surface area (Å²) in [7, 11) is 1.96. The molecule has 14 heavy (non-hydrogen) atoms. The van der Waals surface area contributed by atoms with Crippen LogP contribution in [0.4, 0.5) is 0 Å². The van der Waals surface area contributed by atoms with Crippen molar-refractivity contribution in [2.75, 3.05) is 13.6 Å². The fourth-order valence-corrected chi connectivity index (χ4v) is 1.87. The second-order valence-corrected chi connectivity index (χ2v) is 4.17. The van der Waals surface area contributed by atoms with Crippen LogP contribution in [0.2, 0.25) is 0 Å². The van der Waals surface area contributed by atoms with E-state index in [1.807, 2.05) is 25.4 Å². The maximum absolute atomic E-state index is 5.45. The quantitative estimate of drug-likeness (QED) is 0.910. The maximum atomic E-state index is 5.45. The van der Waals surface area contributed by atoms with E-state index in [0.29, 0.717) is 0 Å². The number of fused-ring (bicyclic) bond motifs is 1. The molecule has 0 aliphatic rings. The Morgan fingerprint density at radius 1 is 1.43 bits per heavy atom. The van der Waals surface area contributed by atoms with Crippen LogP contribution < -0.4 is 5.32 Å². The summed E-state index contributed by atoms with van der Waals surface area (Å²) in [5.74, 6) is 0. The Bertz CT molecular complexity index is 436. The fraction of sp³-hybridized carbons (Fsp3) is 0.273. The van der Waals surface area contributed by atoms with Gasteiger partial charge >= 0.3 is 0 Å². The molecular weight excluding hydrogens is 242 g/mol. The molecule has 2 rings (SSSR count). The first-order valence-electron chi connectivity index (χ1n) is 4.61. The third-order valence-electron chi connectivity index (χ3n) is 2.26. The van der Waals surface area contributed by atoms with Gasteiger partial charge in [0.2, 0.25) is 0 Å². The second-order valence-electron chi connectivity index (χ2n) is 3.25. The smallest absolute Gasteiger partial charge is 0.134 e. The van der Waals surface area contributed by atoms with Crippen LogP contribution in [-0.4, -0.2) is 13.6 Å². The molecule has 3 heteroatoms. The molecule has 1 heterocycles. The lowest BCUT2D eigenvalue weighted by Crippen LogP contribution is -2.09. The van der Waals surface area contributed by atoms with E-state index in [2.05, 4.69) is 27.3 Å². The summed E-state index contributed by atoms with van der Waals surface area (Å²) in [4.78, 5) is 0. The molecule has 2 aromatic rings. The average Bonchev–Trinajstić information content (AvgIpc) is 2.57. The van der Waals surface area contributed by atoms with E-state index < -0.39 is 0 Å². The lowest BCUT2D eigenvalue weighted by Gasteiger charge is -1.97. The van der Waals surface area contributed by atoms with Crippen LogP contribution in [0.1, 0.15) is 5.56 Å². The van der Waals surface area contributed by atoms with Crippen molar-refractivity contribution < 1.29 is 4.42 Å². The maximum Gasteiger partial charge on any atom is 0.134 e. The number of hydrogen-bond donors (Lipinski definition) is 1. The Morgan fingerprint density at radius 3 is 3.07 bits per heavy atom. The summed E-state index contributed by atoms with van der Waals surface area (Å²) < 4.78 is 6.55. The highest BCUT2D eigenvalue weighted by molar-refractivity contribution is 9.10. The zero-order valence-electron chi connectivity index (χ0n) is 8.01. The summed E-state index contributed by atoms with van der Waals surface area (Å²) in [5, 5.41) is 4.34. The Labute approximate surface area is 91.4 Å². The van der Waals surface area contributed by atoms with Crippen LogP contribution >= 0.6 is 15.9 Å². The van der Waals surface area contributed by atoms with E-state index in [9.17, 15) is 0 Å². The van der Waals surface area contributed by atoms with E-state index in [-0.39, 0.29) is 0 Å². The topological polar surface area (TPSA) is 25.2 Å². The summed E-state index contributed by atoms with van der Waals surface area (Å²) >= 11 is 3.46. The van der Waals surface area contributed by atoms with Crippen molar-refractivity contribution in [1.82, 2.24) is 5.32 Å². The van der Waals surface area contributed by atoms with E-state index >= 15 is 0 Å². The van der Waals surface area contributed by atoms with Gasteiger partial charge in [0.15, 0.2) is 0 Å². The first-order valence-corrected chi connectivity index (χ1v) is 5.41. The van der Waals surface area contributed by atoms with Gasteiger partial charge in [0.25, 0.3) is 0 Å². The molecule has 0 bridgehead atoms. The summed E-state index contributed by atoms with van der Waals surface area (Å²) in [6, 6.07) is 6.08. The predicted octanol–water partition coefficient (Wildman–Crippen LogP) is 2.96. The Morgan fingerprint density at radius 2 is 2.29 bits per heavy atom. The van der Waals surface area contributed by atoms with Gasteiger partial charge in [-0.05, 0) is 43.8 Å². The van der Waals surface area contributed by atoms with Gasteiger partial charge < -0.3 is 9.73 Å². The van der Waals surface area contributed by atoms with Gasteiger partial charge in [0.05, 0.1) is 6.26 Å². The number of furan rings is 1. The highest BCUT2D eigenvalue weighted by Crippen LogP contribution is 2.24. The highest BCUT2D eigenvalue weighted by atomic mass is 79.9. The molecule has 0 unspecified atom stereocenters. The molecule has 1 aromatic heterocycles. The lowest BCUT2D eigenvalue weighted by molar-refractivity contribution is 0.608. The fourth-order valence-electron chi connectivity index (χ4n) is 1.51. The lowest BCUT2D eigenvalue weighted by atomic mass is 10.1.